The van der Waals surface area contributed by atoms with E-state index in [-0.39, 0.29) is 42.6 Å². The first-order valence-corrected chi connectivity index (χ1v) is 12.0. The Balaban J connectivity index is 1.56. The summed E-state index contributed by atoms with van der Waals surface area (Å²) >= 11 is 0. The normalized spacial score (nSPS) is 18.4. The molecule has 4 amide bonds. The van der Waals surface area contributed by atoms with Crippen molar-refractivity contribution < 1.29 is 19.2 Å². The molecule has 9 heteroatoms. The van der Waals surface area contributed by atoms with Gasteiger partial charge in [0.1, 0.15) is 12.6 Å². The van der Waals surface area contributed by atoms with E-state index in [1.807, 2.05) is 30.3 Å². The highest BCUT2D eigenvalue weighted by Crippen LogP contribution is 2.26. The average Bonchev–Trinajstić information content (AvgIpc) is 2.87. The lowest BCUT2D eigenvalue weighted by atomic mass is 9.83. The second-order valence-corrected chi connectivity index (χ2v) is 8.94. The zero-order chi connectivity index (χ0) is 24.5. The molecule has 3 N–H and O–H groups in total. The molecule has 0 radical (unpaired) electrons. The molecule has 0 aromatic heterocycles. The SMILES string of the molecule is CN[C@@H](C)C(=O)N[C@H](C(=O)NCC(=O)N1C=CN(Cc2ccccc2)C(=O)C1)C1CCCCC1. The minimum atomic E-state index is -0.684. The summed E-state index contributed by atoms with van der Waals surface area (Å²) in [5.74, 6) is -1.15. The molecule has 34 heavy (non-hydrogen) atoms. The van der Waals surface area contributed by atoms with Crippen molar-refractivity contribution in [2.24, 2.45) is 5.92 Å². The summed E-state index contributed by atoms with van der Waals surface area (Å²) in [6.45, 7) is 1.84. The molecule has 1 fully saturated rings. The Morgan fingerprint density at radius 1 is 1.03 bits per heavy atom. The second kappa shape index (κ2) is 12.3. The Labute approximate surface area is 200 Å². The van der Waals surface area contributed by atoms with Gasteiger partial charge in [0.25, 0.3) is 0 Å². The van der Waals surface area contributed by atoms with Crippen molar-refractivity contribution in [3.05, 3.63) is 48.3 Å². The number of nitrogens with zero attached hydrogens (tertiary/aromatic N) is 2. The number of nitrogens with one attached hydrogen (secondary N) is 3. The van der Waals surface area contributed by atoms with Gasteiger partial charge < -0.3 is 25.8 Å². The molecular weight excluding hydrogens is 434 g/mol. The molecule has 0 bridgehead atoms. The van der Waals surface area contributed by atoms with E-state index in [1.54, 1.807) is 31.3 Å². The fourth-order valence-corrected chi connectivity index (χ4v) is 4.27. The van der Waals surface area contributed by atoms with Crippen LogP contribution in [0.4, 0.5) is 0 Å². The minimum absolute atomic E-state index is 0.0415. The first kappa shape index (κ1) is 25.4. The van der Waals surface area contributed by atoms with Crippen LogP contribution in [0.25, 0.3) is 0 Å². The highest BCUT2D eigenvalue weighted by molar-refractivity contribution is 5.93. The number of hydrogen-bond donors (Lipinski definition) is 3. The zero-order valence-corrected chi connectivity index (χ0v) is 20.0. The standard InChI is InChI=1S/C25H35N5O4/c1-18(26-2)24(33)28-23(20-11-7-4-8-12-20)25(34)27-15-21(31)30-14-13-29(22(32)17-30)16-19-9-5-3-6-10-19/h3,5-6,9-10,13-14,18,20,23,26H,4,7-8,11-12,15-17H2,1-2H3,(H,27,34)(H,28,33)/t18-,23-/m0/s1. The van der Waals surface area contributed by atoms with E-state index in [0.717, 1.165) is 37.7 Å². The van der Waals surface area contributed by atoms with Crippen LogP contribution in [0.1, 0.15) is 44.6 Å². The van der Waals surface area contributed by atoms with Gasteiger partial charge in [-0.1, -0.05) is 49.6 Å². The van der Waals surface area contributed by atoms with Crippen LogP contribution in [0.2, 0.25) is 0 Å². The molecule has 1 aliphatic carbocycles. The molecule has 184 valence electrons. The van der Waals surface area contributed by atoms with E-state index in [0.29, 0.717) is 6.54 Å². The molecule has 1 aliphatic heterocycles. The van der Waals surface area contributed by atoms with Crippen LogP contribution >= 0.6 is 0 Å². The third-order valence-corrected chi connectivity index (χ3v) is 6.51. The number of hydrogen-bond acceptors (Lipinski definition) is 5. The molecule has 1 heterocycles. The number of likely N-dealkylation sites (N-methyl/N-ethyl adjacent to an activating group) is 1. The van der Waals surface area contributed by atoms with E-state index in [9.17, 15) is 19.2 Å². The maximum absolute atomic E-state index is 13.0. The molecule has 2 atom stereocenters. The maximum atomic E-state index is 13.0. The fraction of sp³-hybridized carbons (Fsp3) is 0.520. The first-order valence-electron chi connectivity index (χ1n) is 12.0. The number of carbonyl (C=O) groups is 4. The van der Waals surface area contributed by atoms with Crippen LogP contribution in [-0.4, -0.2) is 65.6 Å². The minimum Gasteiger partial charge on any atom is -0.345 e. The van der Waals surface area contributed by atoms with Gasteiger partial charge in [-0.05, 0) is 38.3 Å². The lowest BCUT2D eigenvalue weighted by Crippen LogP contribution is -2.56. The molecule has 3 rings (SSSR count). The largest absolute Gasteiger partial charge is 0.345 e. The second-order valence-electron chi connectivity index (χ2n) is 8.94. The van der Waals surface area contributed by atoms with Gasteiger partial charge in [-0.2, -0.15) is 0 Å². The van der Waals surface area contributed by atoms with Gasteiger partial charge in [0, 0.05) is 12.4 Å². The molecule has 1 saturated carbocycles. The van der Waals surface area contributed by atoms with Gasteiger partial charge >= 0.3 is 0 Å². The zero-order valence-electron chi connectivity index (χ0n) is 20.0. The van der Waals surface area contributed by atoms with Crippen LogP contribution in [0.5, 0.6) is 0 Å². The van der Waals surface area contributed by atoms with Gasteiger partial charge in [-0.25, -0.2) is 0 Å². The monoisotopic (exact) mass is 469 g/mol. The van der Waals surface area contributed by atoms with Crippen molar-refractivity contribution >= 4 is 23.6 Å². The van der Waals surface area contributed by atoms with E-state index < -0.39 is 12.1 Å². The number of rotatable bonds is 9. The smallest absolute Gasteiger partial charge is 0.246 e. The van der Waals surface area contributed by atoms with Crippen molar-refractivity contribution in [3.8, 4) is 0 Å². The Hall–Kier alpha value is -3.20. The van der Waals surface area contributed by atoms with Crippen molar-refractivity contribution in [1.29, 1.82) is 0 Å². The Morgan fingerprint density at radius 3 is 2.38 bits per heavy atom. The van der Waals surface area contributed by atoms with Crippen LogP contribution in [0.3, 0.4) is 0 Å². The summed E-state index contributed by atoms with van der Waals surface area (Å²) in [4.78, 5) is 53.5. The quantitative estimate of drug-likeness (QED) is 0.502. The summed E-state index contributed by atoms with van der Waals surface area (Å²) < 4.78 is 0. The summed E-state index contributed by atoms with van der Waals surface area (Å²) in [6.07, 6.45) is 8.04. The van der Waals surface area contributed by atoms with Crippen molar-refractivity contribution in [1.82, 2.24) is 25.8 Å². The number of benzene rings is 1. The topological polar surface area (TPSA) is 111 Å². The molecule has 2 aliphatic rings. The third kappa shape index (κ3) is 6.90. The third-order valence-electron chi connectivity index (χ3n) is 6.51. The predicted molar refractivity (Wildman–Crippen MR) is 128 cm³/mol. The van der Waals surface area contributed by atoms with E-state index in [1.165, 1.54) is 4.90 Å². The van der Waals surface area contributed by atoms with Crippen molar-refractivity contribution in [2.45, 2.75) is 57.7 Å². The highest BCUT2D eigenvalue weighted by atomic mass is 16.2. The number of carbonyl (C=O) groups excluding carboxylic acids is 4. The lowest BCUT2D eigenvalue weighted by Gasteiger charge is -2.31. The van der Waals surface area contributed by atoms with Crippen LogP contribution in [0, 0.1) is 5.92 Å². The molecule has 0 spiro atoms. The highest BCUT2D eigenvalue weighted by Gasteiger charge is 2.32. The molecule has 9 nitrogen and oxygen atoms in total. The summed E-state index contributed by atoms with van der Waals surface area (Å²) in [5, 5.41) is 8.42. The van der Waals surface area contributed by atoms with E-state index in [4.69, 9.17) is 0 Å². The van der Waals surface area contributed by atoms with Gasteiger partial charge in [-0.3, -0.25) is 19.2 Å². The fourth-order valence-electron chi connectivity index (χ4n) is 4.27. The summed E-state index contributed by atoms with van der Waals surface area (Å²) in [5.41, 5.74) is 0.996. The first-order chi connectivity index (χ1) is 16.4. The summed E-state index contributed by atoms with van der Waals surface area (Å²) in [6, 6.07) is 8.50. The molecule has 0 saturated heterocycles. The average molecular weight is 470 g/mol. The van der Waals surface area contributed by atoms with Gasteiger partial charge in [0.15, 0.2) is 0 Å². The summed E-state index contributed by atoms with van der Waals surface area (Å²) in [7, 11) is 1.69. The Kier molecular flexibility index (Phi) is 9.21. The molecule has 1 aromatic carbocycles. The maximum Gasteiger partial charge on any atom is 0.246 e. The number of amides is 4. The van der Waals surface area contributed by atoms with Gasteiger partial charge in [0.2, 0.25) is 23.6 Å². The van der Waals surface area contributed by atoms with E-state index in [2.05, 4.69) is 16.0 Å². The van der Waals surface area contributed by atoms with Crippen LogP contribution in [0.15, 0.2) is 42.7 Å². The lowest BCUT2D eigenvalue weighted by molar-refractivity contribution is -0.139. The van der Waals surface area contributed by atoms with E-state index >= 15 is 0 Å². The molecular formula is C25H35N5O4. The Morgan fingerprint density at radius 2 is 1.74 bits per heavy atom. The molecule has 0 unspecified atom stereocenters. The Bertz CT molecular complexity index is 898. The molecule has 1 aromatic rings. The van der Waals surface area contributed by atoms with Crippen LogP contribution in [-0.2, 0) is 25.7 Å². The van der Waals surface area contributed by atoms with Crippen molar-refractivity contribution in [2.75, 3.05) is 20.1 Å². The van der Waals surface area contributed by atoms with Crippen LogP contribution < -0.4 is 16.0 Å². The van der Waals surface area contributed by atoms with Gasteiger partial charge in [0.05, 0.1) is 19.1 Å². The predicted octanol–water partition coefficient (Wildman–Crippen LogP) is 1.12. The van der Waals surface area contributed by atoms with Gasteiger partial charge in [-0.15, -0.1) is 0 Å². The van der Waals surface area contributed by atoms with Crippen molar-refractivity contribution in [3.63, 3.8) is 0 Å².